The molecule has 34 heavy (non-hydrogen) atoms. The van der Waals surface area contributed by atoms with Gasteiger partial charge in [-0.05, 0) is 60.9 Å². The first-order valence-electron chi connectivity index (χ1n) is 11.3. The fourth-order valence-corrected chi connectivity index (χ4v) is 5.32. The average Bonchev–Trinajstić information content (AvgIpc) is 3.37. The van der Waals surface area contributed by atoms with E-state index >= 15 is 0 Å². The second-order valence-electron chi connectivity index (χ2n) is 8.55. The zero-order valence-corrected chi connectivity index (χ0v) is 19.9. The van der Waals surface area contributed by atoms with Crippen molar-refractivity contribution in [1.82, 2.24) is 4.90 Å². The van der Waals surface area contributed by atoms with Crippen molar-refractivity contribution in [2.75, 3.05) is 18.0 Å². The molecule has 4 aromatic rings. The Bertz CT molecular complexity index is 1370. The van der Waals surface area contributed by atoms with E-state index in [2.05, 4.69) is 6.07 Å². The number of hydrogen-bond acceptors (Lipinski definition) is 4. The molecule has 0 saturated carbocycles. The molecule has 0 radical (unpaired) electrons. The fraction of sp³-hybridized carbons (Fsp3) is 0.179. The van der Waals surface area contributed by atoms with Crippen molar-refractivity contribution < 1.29 is 14.4 Å². The van der Waals surface area contributed by atoms with Crippen LogP contribution in [0.1, 0.15) is 47.9 Å². The molecule has 1 aliphatic rings. The number of rotatable bonds is 6. The Morgan fingerprint density at radius 1 is 0.912 bits per heavy atom. The number of thiophene rings is 1. The number of aryl methyl sites for hydroxylation is 2. The van der Waals surface area contributed by atoms with Crippen LogP contribution in [0.4, 0.5) is 5.69 Å². The van der Waals surface area contributed by atoms with Crippen LogP contribution in [0.3, 0.4) is 0 Å². The van der Waals surface area contributed by atoms with Crippen LogP contribution in [-0.4, -0.2) is 35.7 Å². The molecule has 6 heteroatoms. The van der Waals surface area contributed by atoms with E-state index in [0.717, 1.165) is 27.6 Å². The summed E-state index contributed by atoms with van der Waals surface area (Å²) < 4.78 is 0. The Kier molecular flexibility index (Phi) is 5.75. The molecule has 1 aromatic heterocycles. The highest BCUT2D eigenvalue weighted by atomic mass is 32.1. The number of nitrogens with zero attached hydrogens (tertiary/aromatic N) is 2. The van der Waals surface area contributed by atoms with E-state index in [1.165, 1.54) is 16.2 Å². The molecule has 0 fully saturated rings. The molecule has 0 bridgehead atoms. The van der Waals surface area contributed by atoms with Crippen molar-refractivity contribution in [3.8, 4) is 0 Å². The van der Waals surface area contributed by atoms with Crippen LogP contribution in [0.2, 0.25) is 0 Å². The second-order valence-corrected chi connectivity index (χ2v) is 9.50. The van der Waals surface area contributed by atoms with Gasteiger partial charge in [-0.2, -0.15) is 0 Å². The Morgan fingerprint density at radius 3 is 2.24 bits per heavy atom. The molecule has 0 aliphatic carbocycles. The van der Waals surface area contributed by atoms with Crippen LogP contribution in [-0.2, 0) is 0 Å². The lowest BCUT2D eigenvalue weighted by Crippen LogP contribution is -2.42. The molecule has 0 spiro atoms. The molecule has 3 amide bonds. The van der Waals surface area contributed by atoms with E-state index < -0.39 is 0 Å². The summed E-state index contributed by atoms with van der Waals surface area (Å²) in [5.41, 5.74) is 4.08. The SMILES string of the molecule is Cc1ccc(N(CCCN2C(=O)c3cccc4cccc(c34)C2=O)C(=O)c2cccs2)c(C)c1. The second kappa shape index (κ2) is 8.88. The lowest BCUT2D eigenvalue weighted by atomic mass is 9.94. The monoisotopic (exact) mass is 468 g/mol. The topological polar surface area (TPSA) is 57.7 Å². The fourth-order valence-electron chi connectivity index (χ4n) is 4.64. The lowest BCUT2D eigenvalue weighted by molar-refractivity contribution is 0.0610. The molecule has 1 aliphatic heterocycles. The maximum Gasteiger partial charge on any atom is 0.268 e. The molecule has 0 saturated heterocycles. The first kappa shape index (κ1) is 22.0. The van der Waals surface area contributed by atoms with Crippen LogP contribution >= 0.6 is 11.3 Å². The third-order valence-corrected chi connectivity index (χ3v) is 7.10. The Labute approximate surface area is 202 Å². The largest absolute Gasteiger partial charge is 0.307 e. The molecule has 170 valence electrons. The number of imide groups is 1. The molecule has 2 heterocycles. The minimum atomic E-state index is -0.281. The van der Waals surface area contributed by atoms with E-state index in [1.807, 2.05) is 67.8 Å². The van der Waals surface area contributed by atoms with Gasteiger partial charge in [-0.15, -0.1) is 11.3 Å². The summed E-state index contributed by atoms with van der Waals surface area (Å²) in [5, 5.41) is 3.50. The van der Waals surface area contributed by atoms with E-state index in [0.29, 0.717) is 29.0 Å². The number of amides is 3. The number of anilines is 1. The van der Waals surface area contributed by atoms with E-state index in [1.54, 1.807) is 17.0 Å². The third-order valence-electron chi connectivity index (χ3n) is 6.24. The summed E-state index contributed by atoms with van der Waals surface area (Å²) in [4.78, 5) is 43.5. The lowest BCUT2D eigenvalue weighted by Gasteiger charge is -2.29. The zero-order valence-electron chi connectivity index (χ0n) is 19.1. The smallest absolute Gasteiger partial charge is 0.268 e. The van der Waals surface area contributed by atoms with Crippen molar-refractivity contribution in [2.24, 2.45) is 0 Å². The maximum atomic E-state index is 13.3. The minimum absolute atomic E-state index is 0.0756. The highest BCUT2D eigenvalue weighted by Crippen LogP contribution is 2.30. The standard InChI is InChI=1S/C28H24N2O3S/c1-18-12-13-23(19(2)17-18)29(28(33)24-11-5-16-34-24)14-6-15-30-26(31)21-9-3-7-20-8-4-10-22(25(20)21)27(30)32/h3-5,7-13,16-17H,6,14-15H2,1-2H3. The average molecular weight is 469 g/mol. The van der Waals surface area contributed by atoms with Gasteiger partial charge in [-0.1, -0.05) is 48.0 Å². The van der Waals surface area contributed by atoms with Crippen LogP contribution in [0.25, 0.3) is 10.8 Å². The normalized spacial score (nSPS) is 12.9. The van der Waals surface area contributed by atoms with Gasteiger partial charge in [0.2, 0.25) is 0 Å². The van der Waals surface area contributed by atoms with Gasteiger partial charge in [0.05, 0.1) is 4.88 Å². The van der Waals surface area contributed by atoms with Crippen molar-refractivity contribution in [3.63, 3.8) is 0 Å². The predicted octanol–water partition coefficient (Wildman–Crippen LogP) is 5.85. The number of carbonyl (C=O) groups excluding carboxylic acids is 3. The van der Waals surface area contributed by atoms with Crippen molar-refractivity contribution in [2.45, 2.75) is 20.3 Å². The van der Waals surface area contributed by atoms with Gasteiger partial charge < -0.3 is 4.90 Å². The summed E-state index contributed by atoms with van der Waals surface area (Å²) in [6, 6.07) is 20.7. The van der Waals surface area contributed by atoms with Gasteiger partial charge in [0, 0.05) is 35.3 Å². The molecular weight excluding hydrogens is 444 g/mol. The zero-order chi connectivity index (χ0) is 23.8. The molecule has 5 nitrogen and oxygen atoms in total. The first-order chi connectivity index (χ1) is 16.5. The van der Waals surface area contributed by atoms with Crippen molar-refractivity contribution in [1.29, 1.82) is 0 Å². The Hall–Kier alpha value is -3.77. The minimum Gasteiger partial charge on any atom is -0.307 e. The first-order valence-corrected chi connectivity index (χ1v) is 12.1. The summed E-state index contributed by atoms with van der Waals surface area (Å²) in [6.45, 7) is 4.64. The summed E-state index contributed by atoms with van der Waals surface area (Å²) in [6.07, 6.45) is 0.472. The predicted molar refractivity (Wildman–Crippen MR) is 136 cm³/mol. The molecule has 3 aromatic carbocycles. The van der Waals surface area contributed by atoms with Gasteiger partial charge in [0.15, 0.2) is 0 Å². The quantitative estimate of drug-likeness (QED) is 0.334. The van der Waals surface area contributed by atoms with E-state index in [4.69, 9.17) is 0 Å². The maximum absolute atomic E-state index is 13.3. The van der Waals surface area contributed by atoms with Gasteiger partial charge in [-0.25, -0.2) is 0 Å². The van der Waals surface area contributed by atoms with Crippen LogP contribution < -0.4 is 4.90 Å². The van der Waals surface area contributed by atoms with E-state index in [9.17, 15) is 14.4 Å². The Balaban J connectivity index is 1.40. The highest BCUT2D eigenvalue weighted by molar-refractivity contribution is 7.12. The van der Waals surface area contributed by atoms with Crippen molar-refractivity contribution >= 4 is 45.5 Å². The molecule has 5 rings (SSSR count). The van der Waals surface area contributed by atoms with Gasteiger partial charge in [0.1, 0.15) is 0 Å². The van der Waals surface area contributed by atoms with Crippen LogP contribution in [0.5, 0.6) is 0 Å². The molecule has 0 atom stereocenters. The van der Waals surface area contributed by atoms with Gasteiger partial charge >= 0.3 is 0 Å². The molecule has 0 N–H and O–H groups in total. The van der Waals surface area contributed by atoms with Crippen LogP contribution in [0, 0.1) is 13.8 Å². The third kappa shape index (κ3) is 3.80. The van der Waals surface area contributed by atoms with Gasteiger partial charge in [-0.3, -0.25) is 19.3 Å². The van der Waals surface area contributed by atoms with Crippen LogP contribution in [0.15, 0.2) is 72.1 Å². The summed E-state index contributed by atoms with van der Waals surface area (Å²) in [7, 11) is 0. The molecular formula is C28H24N2O3S. The molecule has 0 unspecified atom stereocenters. The highest BCUT2D eigenvalue weighted by Gasteiger charge is 2.32. The number of hydrogen-bond donors (Lipinski definition) is 0. The summed E-state index contributed by atoms with van der Waals surface area (Å²) in [5.74, 6) is -0.637. The number of carbonyl (C=O) groups is 3. The Morgan fingerprint density at radius 2 is 1.62 bits per heavy atom. The summed E-state index contributed by atoms with van der Waals surface area (Å²) >= 11 is 1.40. The number of benzene rings is 3. The van der Waals surface area contributed by atoms with E-state index in [-0.39, 0.29) is 24.3 Å². The van der Waals surface area contributed by atoms with Crippen molar-refractivity contribution in [3.05, 3.63) is 99.2 Å². The van der Waals surface area contributed by atoms with Gasteiger partial charge in [0.25, 0.3) is 17.7 Å².